The van der Waals surface area contributed by atoms with Crippen LogP contribution in [0.15, 0.2) is 36.5 Å². The van der Waals surface area contributed by atoms with Gasteiger partial charge in [-0.15, -0.1) is 48.1 Å². The summed E-state index contributed by atoms with van der Waals surface area (Å²) in [6.45, 7) is 2.26. The highest BCUT2D eigenvalue weighted by Gasteiger charge is 2.47. The third kappa shape index (κ3) is 5.81. The van der Waals surface area contributed by atoms with Gasteiger partial charge in [-0.25, -0.2) is 9.37 Å². The summed E-state index contributed by atoms with van der Waals surface area (Å²) in [4.78, 5) is 9.90. The van der Waals surface area contributed by atoms with Crippen LogP contribution < -0.4 is 9.64 Å². The van der Waals surface area contributed by atoms with Gasteiger partial charge in [-0.05, 0) is 60.3 Å². The first kappa shape index (κ1) is 27.3. The van der Waals surface area contributed by atoms with Crippen LogP contribution in [-0.2, 0) is 0 Å². The summed E-state index contributed by atoms with van der Waals surface area (Å²) in [7, 11) is 1.84. The van der Waals surface area contributed by atoms with Crippen molar-refractivity contribution < 1.29 is 18.6 Å². The number of rotatable bonds is 6. The van der Waals surface area contributed by atoms with Gasteiger partial charge in [0.15, 0.2) is 11.6 Å². The number of halogens is 2. The smallest absolute Gasteiger partial charge is 0.242 e. The van der Waals surface area contributed by atoms with Crippen molar-refractivity contribution in [3.63, 3.8) is 0 Å². The second-order valence-electron chi connectivity index (χ2n) is 10.6. The Morgan fingerprint density at radius 2 is 1.92 bits per heavy atom. The predicted molar refractivity (Wildman–Crippen MR) is 152 cm³/mol. The van der Waals surface area contributed by atoms with Crippen molar-refractivity contribution in [2.75, 3.05) is 11.9 Å². The molecule has 38 heavy (non-hydrogen) atoms. The van der Waals surface area contributed by atoms with Crippen molar-refractivity contribution in [1.82, 2.24) is 20.2 Å². The molecule has 12 heteroatoms. The second kappa shape index (κ2) is 10.3. The number of hydrogen-bond acceptors (Lipinski definition) is 10. The van der Waals surface area contributed by atoms with Crippen LogP contribution >= 0.6 is 37.9 Å². The fourth-order valence-electron chi connectivity index (χ4n) is 5.82. The molecule has 7 nitrogen and oxygen atoms in total. The number of pyridine rings is 1. The number of alkyl halides is 1. The van der Waals surface area contributed by atoms with E-state index >= 15 is 4.39 Å². The van der Waals surface area contributed by atoms with E-state index in [9.17, 15) is 9.50 Å². The van der Waals surface area contributed by atoms with Gasteiger partial charge < -0.3 is 14.7 Å². The minimum Gasteiger partial charge on any atom is -0.507 e. The molecule has 0 saturated heterocycles. The lowest BCUT2D eigenvalue weighted by Crippen LogP contribution is -2.52. The van der Waals surface area contributed by atoms with Crippen LogP contribution in [0.3, 0.4) is 0 Å². The summed E-state index contributed by atoms with van der Waals surface area (Å²) in [5.74, 6) is -0.187. The molecule has 1 aromatic carbocycles. The van der Waals surface area contributed by atoms with E-state index in [1.807, 2.05) is 11.9 Å². The van der Waals surface area contributed by atoms with E-state index in [0.29, 0.717) is 22.5 Å². The number of ether oxygens (including phenoxy) is 1. The molecule has 3 aromatic rings. The maximum Gasteiger partial charge on any atom is 0.242 e. The molecule has 0 unspecified atom stereocenters. The molecular weight excluding hydrogens is 549 g/mol. The van der Waals surface area contributed by atoms with Crippen molar-refractivity contribution in [2.45, 2.75) is 54.8 Å². The molecule has 0 radical (unpaired) electrons. The number of phenols is 1. The molecule has 0 amide bonds. The molecule has 202 valence electrons. The summed E-state index contributed by atoms with van der Waals surface area (Å²) in [6.07, 6.45) is 5.49. The zero-order valence-electron chi connectivity index (χ0n) is 20.9. The Balaban J connectivity index is 1.35. The highest BCUT2D eigenvalue weighted by Crippen LogP contribution is 2.51. The van der Waals surface area contributed by atoms with Crippen LogP contribution in [0.4, 0.5) is 14.6 Å². The zero-order chi connectivity index (χ0) is 27.2. The van der Waals surface area contributed by atoms with Crippen LogP contribution in [0.5, 0.6) is 11.6 Å². The maximum atomic E-state index is 15.3. The monoisotopic (exact) mass is 577 g/mol. The molecule has 2 aliphatic carbocycles. The molecule has 1 N–H and O–H groups in total. The van der Waals surface area contributed by atoms with Crippen LogP contribution in [0, 0.1) is 17.3 Å². The van der Waals surface area contributed by atoms with Gasteiger partial charge in [0.2, 0.25) is 15.4 Å². The summed E-state index contributed by atoms with van der Waals surface area (Å²) < 4.78 is 33.3. The van der Waals surface area contributed by atoms with Crippen molar-refractivity contribution in [3.8, 4) is 34.1 Å². The first-order valence-corrected chi connectivity index (χ1v) is 13.7. The molecule has 0 aliphatic heterocycles. The van der Waals surface area contributed by atoms with Gasteiger partial charge in [0.1, 0.15) is 11.9 Å². The molecule has 2 fully saturated rings. The van der Waals surface area contributed by atoms with Gasteiger partial charge in [-0.1, -0.05) is 19.4 Å². The van der Waals surface area contributed by atoms with Crippen molar-refractivity contribution in [1.29, 1.82) is 0 Å². The van der Waals surface area contributed by atoms with E-state index in [-0.39, 0.29) is 34.8 Å². The standard InChI is InChI=1S/C26H29F2N5O2S3/c1-25-7-3-4-15(11-25)23(28)18(12-25)33(2)21-13-29-24(32-31-21)17-6-5-14(8-19(17)34)16-9-20(27)30-22(10-16)35-26(36,37)38/h5-6,8-10,13,15,18,23,34,36-38H,3-4,7,11-12H2,1-2H3/t15-,18-,23+,25+/m1/s1. The van der Waals surface area contributed by atoms with Crippen molar-refractivity contribution >= 4 is 43.7 Å². The Hall–Kier alpha value is -2.31. The highest BCUT2D eigenvalue weighted by molar-refractivity contribution is 8.16. The summed E-state index contributed by atoms with van der Waals surface area (Å²) in [5, 5.41) is 19.2. The number of aromatic nitrogens is 4. The first-order chi connectivity index (χ1) is 17.9. The average Bonchev–Trinajstić information content (AvgIpc) is 2.84. The van der Waals surface area contributed by atoms with Crippen LogP contribution in [0.1, 0.15) is 39.0 Å². The van der Waals surface area contributed by atoms with E-state index < -0.39 is 15.7 Å². The Morgan fingerprint density at radius 1 is 1.13 bits per heavy atom. The van der Waals surface area contributed by atoms with Crippen LogP contribution in [-0.4, -0.2) is 48.1 Å². The Labute approximate surface area is 236 Å². The topological polar surface area (TPSA) is 84.3 Å². The zero-order valence-corrected chi connectivity index (χ0v) is 23.6. The van der Waals surface area contributed by atoms with Gasteiger partial charge in [0.05, 0.1) is 17.8 Å². The molecule has 2 aliphatic rings. The number of aromatic hydroxyl groups is 1. The lowest BCUT2D eigenvalue weighted by molar-refractivity contribution is 0.0113. The number of hydrogen-bond donors (Lipinski definition) is 4. The summed E-state index contributed by atoms with van der Waals surface area (Å²) >= 11 is 12.1. The number of nitrogens with zero attached hydrogens (tertiary/aromatic N) is 5. The minimum absolute atomic E-state index is 0.0677. The second-order valence-corrected chi connectivity index (χ2v) is 13.5. The molecule has 5 rings (SSSR count). The van der Waals surface area contributed by atoms with E-state index in [0.717, 1.165) is 32.1 Å². The van der Waals surface area contributed by atoms with Crippen LogP contribution in [0.2, 0.25) is 0 Å². The normalized spacial score (nSPS) is 25.2. The Bertz CT molecular complexity index is 1330. The van der Waals surface area contributed by atoms with E-state index in [4.69, 9.17) is 4.74 Å². The fourth-order valence-corrected chi connectivity index (χ4v) is 6.10. The summed E-state index contributed by atoms with van der Waals surface area (Å²) in [5.41, 5.74) is 1.43. The lowest BCUT2D eigenvalue weighted by Gasteiger charge is -2.50. The van der Waals surface area contributed by atoms with Gasteiger partial charge in [-0.3, -0.25) is 0 Å². The van der Waals surface area contributed by atoms with Gasteiger partial charge in [0.25, 0.3) is 0 Å². The number of phenolic OH excluding ortho intramolecular Hbond substituents is 1. The molecule has 4 atom stereocenters. The number of anilines is 1. The maximum absolute atomic E-state index is 15.3. The molecule has 2 saturated carbocycles. The van der Waals surface area contributed by atoms with Gasteiger partial charge in [-0.2, -0.15) is 9.37 Å². The van der Waals surface area contributed by atoms with E-state index in [1.165, 1.54) is 18.2 Å². The lowest BCUT2D eigenvalue weighted by atomic mass is 9.60. The van der Waals surface area contributed by atoms with Crippen molar-refractivity contribution in [3.05, 3.63) is 42.5 Å². The predicted octanol–water partition coefficient (Wildman–Crippen LogP) is 5.97. The SMILES string of the molecule is CN(c1cnc(-c2ccc(-c3cc(F)nc(OC(S)(S)S)c3)cc2O)nn1)[C@@H]1C[C@@]2(C)CCC[C@H](C2)[C@@H]1F. The van der Waals surface area contributed by atoms with Crippen molar-refractivity contribution in [2.24, 2.45) is 11.3 Å². The molecule has 2 aromatic heterocycles. The quantitative estimate of drug-likeness (QED) is 0.163. The fraction of sp³-hybridized carbons (Fsp3) is 0.462. The van der Waals surface area contributed by atoms with E-state index in [2.05, 4.69) is 65.0 Å². The summed E-state index contributed by atoms with van der Waals surface area (Å²) in [6, 6.07) is 7.17. The minimum atomic E-state index is -1.45. The Morgan fingerprint density at radius 3 is 2.61 bits per heavy atom. The van der Waals surface area contributed by atoms with Gasteiger partial charge in [0, 0.05) is 19.2 Å². The van der Waals surface area contributed by atoms with Crippen LogP contribution in [0.25, 0.3) is 22.5 Å². The Kier molecular flexibility index (Phi) is 7.42. The number of benzene rings is 1. The third-order valence-electron chi connectivity index (χ3n) is 7.62. The average molecular weight is 578 g/mol. The largest absolute Gasteiger partial charge is 0.507 e. The number of fused-ring (bicyclic) bond motifs is 2. The van der Waals surface area contributed by atoms with E-state index in [1.54, 1.807) is 18.3 Å². The first-order valence-electron chi connectivity index (χ1n) is 12.3. The third-order valence-corrected chi connectivity index (χ3v) is 7.90. The number of thiol groups is 3. The van der Waals surface area contributed by atoms with Gasteiger partial charge >= 0.3 is 0 Å². The molecular formula is C26H29F2N5O2S3. The molecule has 0 spiro atoms. The molecule has 2 heterocycles. The molecule has 2 bridgehead atoms. The highest BCUT2D eigenvalue weighted by atomic mass is 32.2.